The van der Waals surface area contributed by atoms with E-state index in [-0.39, 0.29) is 5.43 Å². The molecule has 0 saturated heterocycles. The lowest BCUT2D eigenvalue weighted by molar-refractivity contribution is -0.930. The average molecular weight is 450 g/mol. The van der Waals surface area contributed by atoms with Gasteiger partial charge < -0.3 is 14.6 Å². The van der Waals surface area contributed by atoms with Crippen LogP contribution in [0.25, 0.3) is 21.8 Å². The molecule has 0 fully saturated rings. The Hall–Kier alpha value is -3.73. The van der Waals surface area contributed by atoms with Crippen molar-refractivity contribution in [1.82, 2.24) is 4.57 Å². The first-order chi connectivity index (χ1) is 16.7. The first-order valence-corrected chi connectivity index (χ1v) is 11.8. The second-order valence-electron chi connectivity index (χ2n) is 8.91. The maximum absolute atomic E-state index is 13.0. The minimum Gasteiger partial charge on any atom is -0.385 e. The quantitative estimate of drug-likeness (QED) is 0.354. The van der Waals surface area contributed by atoms with E-state index in [1.165, 1.54) is 16.0 Å². The summed E-state index contributed by atoms with van der Waals surface area (Å²) < 4.78 is 2.10. The molecule has 1 aromatic heterocycles. The van der Waals surface area contributed by atoms with Gasteiger partial charge in [-0.2, -0.15) is 0 Å². The zero-order chi connectivity index (χ0) is 23.3. The fourth-order valence-electron chi connectivity index (χ4n) is 4.86. The number of pyridine rings is 1. The second-order valence-corrected chi connectivity index (χ2v) is 8.91. The average Bonchev–Trinajstić information content (AvgIpc) is 2.88. The first-order valence-electron chi connectivity index (χ1n) is 11.8. The summed E-state index contributed by atoms with van der Waals surface area (Å²) in [6.45, 7) is 2.68. The highest BCUT2D eigenvalue weighted by Gasteiger charge is 2.19. The largest absolute Gasteiger partial charge is 0.385 e. The Bertz CT molecular complexity index is 1340. The molecule has 0 saturated carbocycles. The number of para-hydroxylation sites is 2. The summed E-state index contributed by atoms with van der Waals surface area (Å²) >= 11 is 0. The van der Waals surface area contributed by atoms with Crippen molar-refractivity contribution in [2.24, 2.45) is 0 Å². The van der Waals surface area contributed by atoms with Crippen LogP contribution in [0.4, 0.5) is 0 Å². The Labute approximate surface area is 199 Å². The summed E-state index contributed by atoms with van der Waals surface area (Å²) in [5, 5.41) is 12.7. The lowest BCUT2D eigenvalue weighted by atomic mass is 10.1. The van der Waals surface area contributed by atoms with Gasteiger partial charge in [-0.3, -0.25) is 4.79 Å². The van der Waals surface area contributed by atoms with Gasteiger partial charge in [0.2, 0.25) is 0 Å². The van der Waals surface area contributed by atoms with Crippen LogP contribution >= 0.6 is 0 Å². The van der Waals surface area contributed by atoms with Crippen LogP contribution in [0, 0.1) is 0 Å². The number of fused-ring (bicyclic) bond motifs is 2. The normalized spacial score (nSPS) is 12.4. The highest BCUT2D eigenvalue weighted by Crippen LogP contribution is 2.19. The minimum atomic E-state index is -0.572. The number of hydrogen-bond donors (Lipinski definition) is 2. The van der Waals surface area contributed by atoms with E-state index >= 15 is 0 Å². The topological polar surface area (TPSA) is 46.7 Å². The molecule has 170 valence electrons. The molecule has 1 atom stereocenters. The molecule has 0 aliphatic rings. The Morgan fingerprint density at radius 1 is 0.647 bits per heavy atom. The standard InChI is InChI=1S/C30H28N2O2/c33-25(21-31(19-23-11-3-1-4-12-23)20-24-13-5-2-6-14-24)22-32-28-17-9-7-15-26(28)30(34)27-16-8-10-18-29(27)32/h1-18,25,33H,19-22H2/p+1/t25-/m0/s1. The van der Waals surface area contributed by atoms with Crippen LogP contribution in [0.1, 0.15) is 11.1 Å². The van der Waals surface area contributed by atoms with Gasteiger partial charge in [0.1, 0.15) is 25.7 Å². The molecule has 1 heterocycles. The second kappa shape index (κ2) is 10.0. The van der Waals surface area contributed by atoms with E-state index in [2.05, 4.69) is 53.1 Å². The van der Waals surface area contributed by atoms with Gasteiger partial charge in [-0.1, -0.05) is 84.9 Å². The van der Waals surface area contributed by atoms with Gasteiger partial charge in [0.25, 0.3) is 0 Å². The predicted octanol–water partition coefficient (Wildman–Crippen LogP) is 3.80. The number of benzene rings is 4. The Kier molecular flexibility index (Phi) is 6.52. The van der Waals surface area contributed by atoms with Crippen LogP contribution in [0.3, 0.4) is 0 Å². The summed E-state index contributed by atoms with van der Waals surface area (Å²) in [6.07, 6.45) is -0.572. The van der Waals surface area contributed by atoms with Gasteiger partial charge in [0.15, 0.2) is 5.43 Å². The number of nitrogens with zero attached hydrogens (tertiary/aromatic N) is 1. The molecule has 0 bridgehead atoms. The lowest BCUT2D eigenvalue weighted by Gasteiger charge is -2.24. The summed E-state index contributed by atoms with van der Waals surface area (Å²) in [5.41, 5.74) is 4.26. The molecule has 2 N–H and O–H groups in total. The van der Waals surface area contributed by atoms with Crippen molar-refractivity contribution < 1.29 is 10.0 Å². The maximum atomic E-state index is 13.0. The smallest absolute Gasteiger partial charge is 0.197 e. The summed E-state index contributed by atoms with van der Waals surface area (Å²) in [5.74, 6) is 0. The van der Waals surface area contributed by atoms with Gasteiger partial charge >= 0.3 is 0 Å². The molecule has 4 aromatic carbocycles. The van der Waals surface area contributed by atoms with Crippen LogP contribution in [0.2, 0.25) is 0 Å². The predicted molar refractivity (Wildman–Crippen MR) is 138 cm³/mol. The Morgan fingerprint density at radius 3 is 1.59 bits per heavy atom. The summed E-state index contributed by atoms with van der Waals surface area (Å²) in [4.78, 5) is 14.3. The van der Waals surface area contributed by atoms with E-state index in [4.69, 9.17) is 0 Å². The van der Waals surface area contributed by atoms with Gasteiger partial charge in [0.05, 0.1) is 17.6 Å². The zero-order valence-electron chi connectivity index (χ0n) is 19.1. The van der Waals surface area contributed by atoms with Gasteiger partial charge in [-0.05, 0) is 24.3 Å². The number of hydrogen-bond acceptors (Lipinski definition) is 2. The van der Waals surface area contributed by atoms with E-state index in [9.17, 15) is 9.90 Å². The van der Waals surface area contributed by atoms with Crippen molar-refractivity contribution in [2.75, 3.05) is 6.54 Å². The Balaban J connectivity index is 1.45. The first kappa shape index (κ1) is 22.1. The third-order valence-electron chi connectivity index (χ3n) is 6.39. The number of aliphatic hydroxyl groups excluding tert-OH is 1. The zero-order valence-corrected chi connectivity index (χ0v) is 19.1. The molecule has 5 rings (SSSR count). The van der Waals surface area contributed by atoms with Crippen molar-refractivity contribution in [3.8, 4) is 0 Å². The van der Waals surface area contributed by atoms with Gasteiger partial charge in [-0.15, -0.1) is 0 Å². The number of rotatable bonds is 8. The SMILES string of the molecule is O=c1c2ccccc2n(C[C@@H](O)C[NH+](Cc2ccccc2)Cc2ccccc2)c2ccccc12. The van der Waals surface area contributed by atoms with Gasteiger partial charge in [-0.25, -0.2) is 0 Å². The van der Waals surface area contributed by atoms with Crippen molar-refractivity contribution in [3.63, 3.8) is 0 Å². The van der Waals surface area contributed by atoms with Crippen molar-refractivity contribution in [2.45, 2.75) is 25.7 Å². The molecule has 0 radical (unpaired) electrons. The highest BCUT2D eigenvalue weighted by atomic mass is 16.3. The molecule has 0 amide bonds. The van der Waals surface area contributed by atoms with E-state index < -0.39 is 6.10 Å². The summed E-state index contributed by atoms with van der Waals surface area (Å²) in [6, 6.07) is 36.2. The molecule has 4 nitrogen and oxygen atoms in total. The van der Waals surface area contributed by atoms with Crippen LogP contribution in [-0.4, -0.2) is 22.3 Å². The monoisotopic (exact) mass is 449 g/mol. The van der Waals surface area contributed by atoms with Crippen LogP contribution < -0.4 is 10.3 Å². The van der Waals surface area contributed by atoms with E-state index in [1.54, 1.807) is 0 Å². The lowest BCUT2D eigenvalue weighted by Crippen LogP contribution is -3.10. The number of aliphatic hydroxyl groups is 1. The number of quaternary nitrogens is 1. The van der Waals surface area contributed by atoms with Crippen LogP contribution in [0.5, 0.6) is 0 Å². The van der Waals surface area contributed by atoms with Crippen LogP contribution in [0.15, 0.2) is 114 Å². The van der Waals surface area contributed by atoms with E-state index in [0.717, 1.165) is 24.1 Å². The van der Waals surface area contributed by atoms with Crippen molar-refractivity contribution in [3.05, 3.63) is 131 Å². The number of aromatic nitrogens is 1. The number of nitrogens with one attached hydrogen (secondary N) is 1. The molecule has 34 heavy (non-hydrogen) atoms. The molecule has 4 heteroatoms. The van der Waals surface area contributed by atoms with Crippen molar-refractivity contribution in [1.29, 1.82) is 0 Å². The fourth-order valence-corrected chi connectivity index (χ4v) is 4.86. The third-order valence-corrected chi connectivity index (χ3v) is 6.39. The molecule has 5 aromatic rings. The maximum Gasteiger partial charge on any atom is 0.197 e. The Morgan fingerprint density at radius 2 is 1.09 bits per heavy atom. The highest BCUT2D eigenvalue weighted by molar-refractivity contribution is 5.93. The minimum absolute atomic E-state index is 0.0392. The molecule has 0 spiro atoms. The molecule has 0 unspecified atom stereocenters. The molecule has 0 aliphatic carbocycles. The van der Waals surface area contributed by atoms with Gasteiger partial charge in [0, 0.05) is 21.9 Å². The van der Waals surface area contributed by atoms with E-state index in [0.29, 0.717) is 23.9 Å². The molecular weight excluding hydrogens is 420 g/mol. The fraction of sp³-hybridized carbons (Fsp3) is 0.167. The molecule has 0 aliphatic heterocycles. The van der Waals surface area contributed by atoms with Crippen LogP contribution in [-0.2, 0) is 19.6 Å². The van der Waals surface area contributed by atoms with E-state index in [1.807, 2.05) is 60.7 Å². The molecular formula is C30H29N2O2+. The summed E-state index contributed by atoms with van der Waals surface area (Å²) in [7, 11) is 0. The third kappa shape index (κ3) is 4.79. The van der Waals surface area contributed by atoms with Crippen molar-refractivity contribution >= 4 is 21.8 Å².